The summed E-state index contributed by atoms with van der Waals surface area (Å²) in [4.78, 5) is 15.8. The van der Waals surface area contributed by atoms with Crippen LogP contribution in [0.2, 0.25) is 0 Å². The highest BCUT2D eigenvalue weighted by molar-refractivity contribution is 7.71. The summed E-state index contributed by atoms with van der Waals surface area (Å²) in [7, 11) is 1.86. The van der Waals surface area contributed by atoms with Gasteiger partial charge in [-0.15, -0.1) is 11.3 Å². The summed E-state index contributed by atoms with van der Waals surface area (Å²) < 4.78 is 7.89. The normalized spacial score (nSPS) is 14.2. The van der Waals surface area contributed by atoms with Crippen molar-refractivity contribution in [1.29, 1.82) is 0 Å². The van der Waals surface area contributed by atoms with Gasteiger partial charge < -0.3 is 19.5 Å². The number of carbonyl (C=O) groups excluding carboxylic acids is 1. The number of nitrogens with zero attached hydrogens (tertiary/aromatic N) is 3. The summed E-state index contributed by atoms with van der Waals surface area (Å²) >= 11 is 6.66. The van der Waals surface area contributed by atoms with E-state index in [1.54, 1.807) is 0 Å². The van der Waals surface area contributed by atoms with Gasteiger partial charge in [0.05, 0.1) is 23.1 Å². The zero-order chi connectivity index (χ0) is 20.2. The molecule has 1 amide bonds. The standard InChI is InChI=1S/C20H23N5O2S2/c1-24-17(22-23-20(24)28)7-8-21-18(26)16-13-15(14-5-3-2-4-6-14)19(29-16)25-9-11-27-12-10-25/h2-6,13H,7-12H2,1H3,(H,21,26)(H,23,28). The quantitative estimate of drug-likeness (QED) is 0.589. The second-order valence-electron chi connectivity index (χ2n) is 6.80. The molecule has 0 bridgehead atoms. The molecule has 0 spiro atoms. The molecule has 3 heterocycles. The van der Waals surface area contributed by atoms with E-state index in [1.807, 2.05) is 35.9 Å². The third-order valence-electron chi connectivity index (χ3n) is 4.93. The van der Waals surface area contributed by atoms with Gasteiger partial charge in [0.1, 0.15) is 5.82 Å². The number of carbonyl (C=O) groups is 1. The number of anilines is 1. The summed E-state index contributed by atoms with van der Waals surface area (Å²) in [6.07, 6.45) is 0.614. The molecular formula is C20H23N5O2S2. The number of morpholine rings is 1. The van der Waals surface area contributed by atoms with E-state index in [0.29, 0.717) is 35.8 Å². The van der Waals surface area contributed by atoms with Crippen LogP contribution in [0.15, 0.2) is 36.4 Å². The third kappa shape index (κ3) is 4.42. The number of aromatic nitrogens is 3. The largest absolute Gasteiger partial charge is 0.378 e. The lowest BCUT2D eigenvalue weighted by molar-refractivity contribution is 0.0958. The number of hydrogen-bond donors (Lipinski definition) is 2. The Morgan fingerprint density at radius 3 is 2.76 bits per heavy atom. The van der Waals surface area contributed by atoms with Crippen LogP contribution < -0.4 is 10.2 Å². The maximum atomic E-state index is 12.8. The first-order valence-electron chi connectivity index (χ1n) is 9.54. The van der Waals surface area contributed by atoms with Gasteiger partial charge in [-0.2, -0.15) is 5.10 Å². The van der Waals surface area contributed by atoms with Crippen molar-refractivity contribution in [2.75, 3.05) is 37.7 Å². The minimum atomic E-state index is -0.0662. The monoisotopic (exact) mass is 429 g/mol. The van der Waals surface area contributed by atoms with Gasteiger partial charge in [-0.3, -0.25) is 9.89 Å². The van der Waals surface area contributed by atoms with Crippen molar-refractivity contribution < 1.29 is 9.53 Å². The number of rotatable bonds is 6. The van der Waals surface area contributed by atoms with Crippen LogP contribution in [0, 0.1) is 4.77 Å². The average Bonchev–Trinajstić information content (AvgIpc) is 3.34. The Labute approximate surface area is 178 Å². The van der Waals surface area contributed by atoms with Gasteiger partial charge in [-0.25, -0.2) is 0 Å². The van der Waals surface area contributed by atoms with Gasteiger partial charge in [0.15, 0.2) is 4.77 Å². The van der Waals surface area contributed by atoms with Crippen molar-refractivity contribution in [3.63, 3.8) is 0 Å². The molecule has 1 saturated heterocycles. The molecule has 1 fully saturated rings. The van der Waals surface area contributed by atoms with E-state index in [1.165, 1.54) is 11.3 Å². The molecule has 9 heteroatoms. The number of aromatic amines is 1. The molecule has 0 atom stereocenters. The predicted octanol–water partition coefficient (Wildman–Crippen LogP) is 3.02. The van der Waals surface area contributed by atoms with E-state index in [9.17, 15) is 4.79 Å². The second-order valence-corrected chi connectivity index (χ2v) is 8.22. The van der Waals surface area contributed by atoms with E-state index in [4.69, 9.17) is 17.0 Å². The van der Waals surface area contributed by atoms with E-state index in [-0.39, 0.29) is 5.91 Å². The van der Waals surface area contributed by atoms with Crippen LogP contribution in [0.3, 0.4) is 0 Å². The molecule has 2 N–H and O–H groups in total. The van der Waals surface area contributed by atoms with Gasteiger partial charge in [-0.05, 0) is 23.8 Å². The zero-order valence-electron chi connectivity index (χ0n) is 16.2. The SMILES string of the molecule is Cn1c(CCNC(=O)c2cc(-c3ccccc3)c(N3CCOCC3)s2)n[nH]c1=S. The Bertz CT molecular complexity index is 1030. The first kappa shape index (κ1) is 19.8. The molecule has 0 radical (unpaired) electrons. The molecular weight excluding hydrogens is 406 g/mol. The summed E-state index contributed by atoms with van der Waals surface area (Å²) in [5.74, 6) is 0.754. The first-order chi connectivity index (χ1) is 14.1. The summed E-state index contributed by atoms with van der Waals surface area (Å²) in [6, 6.07) is 12.2. The maximum absolute atomic E-state index is 12.8. The highest BCUT2D eigenvalue weighted by Crippen LogP contribution is 2.39. The summed E-state index contributed by atoms with van der Waals surface area (Å²) in [6.45, 7) is 3.58. The molecule has 0 saturated carbocycles. The fraction of sp³-hybridized carbons (Fsp3) is 0.350. The lowest BCUT2D eigenvalue weighted by atomic mass is 10.1. The summed E-state index contributed by atoms with van der Waals surface area (Å²) in [5.41, 5.74) is 2.21. The number of thiophene rings is 1. The average molecular weight is 430 g/mol. The number of benzene rings is 1. The van der Waals surface area contributed by atoms with E-state index >= 15 is 0 Å². The molecule has 29 heavy (non-hydrogen) atoms. The van der Waals surface area contributed by atoms with Gasteiger partial charge >= 0.3 is 0 Å². The van der Waals surface area contributed by atoms with Crippen molar-refractivity contribution in [2.24, 2.45) is 7.05 Å². The highest BCUT2D eigenvalue weighted by Gasteiger charge is 2.21. The Balaban J connectivity index is 1.52. The molecule has 1 aromatic carbocycles. The molecule has 152 valence electrons. The van der Waals surface area contributed by atoms with Gasteiger partial charge in [-0.1, -0.05) is 30.3 Å². The second kappa shape index (κ2) is 8.89. The van der Waals surface area contributed by atoms with Gasteiger partial charge in [0.2, 0.25) is 0 Å². The number of ether oxygens (including phenoxy) is 1. The third-order valence-corrected chi connectivity index (χ3v) is 6.49. The fourth-order valence-corrected chi connectivity index (χ4v) is 4.60. The zero-order valence-corrected chi connectivity index (χ0v) is 17.8. The number of nitrogens with one attached hydrogen (secondary N) is 2. The highest BCUT2D eigenvalue weighted by atomic mass is 32.1. The van der Waals surface area contributed by atoms with Crippen LogP contribution in [-0.4, -0.2) is 53.5 Å². The fourth-order valence-electron chi connectivity index (χ4n) is 3.30. The van der Waals surface area contributed by atoms with Crippen LogP contribution in [0.5, 0.6) is 0 Å². The number of amides is 1. The lowest BCUT2D eigenvalue weighted by Gasteiger charge is -2.28. The van der Waals surface area contributed by atoms with Crippen molar-refractivity contribution in [3.8, 4) is 11.1 Å². The van der Waals surface area contributed by atoms with Crippen molar-refractivity contribution in [1.82, 2.24) is 20.1 Å². The molecule has 2 aromatic heterocycles. The molecule has 0 unspecified atom stereocenters. The molecule has 3 aromatic rings. The van der Waals surface area contributed by atoms with Crippen LogP contribution >= 0.6 is 23.6 Å². The van der Waals surface area contributed by atoms with E-state index < -0.39 is 0 Å². The van der Waals surface area contributed by atoms with E-state index in [2.05, 4.69) is 32.5 Å². The predicted molar refractivity (Wildman–Crippen MR) is 117 cm³/mol. The molecule has 1 aliphatic rings. The minimum Gasteiger partial charge on any atom is -0.378 e. The smallest absolute Gasteiger partial charge is 0.261 e. The minimum absolute atomic E-state index is 0.0662. The van der Waals surface area contributed by atoms with Crippen molar-refractivity contribution in [3.05, 3.63) is 51.9 Å². The van der Waals surface area contributed by atoms with Crippen LogP contribution in [0.1, 0.15) is 15.5 Å². The molecule has 0 aliphatic carbocycles. The number of H-pyrrole nitrogens is 1. The molecule has 1 aliphatic heterocycles. The maximum Gasteiger partial charge on any atom is 0.261 e. The number of hydrogen-bond acceptors (Lipinski definition) is 6. The van der Waals surface area contributed by atoms with E-state index in [0.717, 1.165) is 35.0 Å². The Kier molecular flexibility index (Phi) is 6.08. The Hall–Kier alpha value is -2.49. The summed E-state index contributed by atoms with van der Waals surface area (Å²) in [5, 5.41) is 11.1. The Morgan fingerprint density at radius 1 is 1.31 bits per heavy atom. The molecule has 7 nitrogen and oxygen atoms in total. The topological polar surface area (TPSA) is 75.2 Å². The first-order valence-corrected chi connectivity index (χ1v) is 10.8. The van der Waals surface area contributed by atoms with Crippen molar-refractivity contribution >= 4 is 34.5 Å². The van der Waals surface area contributed by atoms with Crippen LogP contribution in [0.4, 0.5) is 5.00 Å². The lowest BCUT2D eigenvalue weighted by Crippen LogP contribution is -2.35. The Morgan fingerprint density at radius 2 is 2.07 bits per heavy atom. The van der Waals surface area contributed by atoms with Gasteiger partial charge in [0.25, 0.3) is 5.91 Å². The van der Waals surface area contributed by atoms with Crippen LogP contribution in [-0.2, 0) is 18.2 Å². The van der Waals surface area contributed by atoms with Gasteiger partial charge in [0, 0.05) is 38.7 Å². The van der Waals surface area contributed by atoms with Crippen molar-refractivity contribution in [2.45, 2.75) is 6.42 Å². The van der Waals surface area contributed by atoms with Crippen LogP contribution in [0.25, 0.3) is 11.1 Å². The molecule has 4 rings (SSSR count).